The van der Waals surface area contributed by atoms with E-state index in [1.165, 1.54) is 57.8 Å². The first kappa shape index (κ1) is 21.8. The third kappa shape index (κ3) is 5.58. The van der Waals surface area contributed by atoms with Crippen molar-refractivity contribution in [3.63, 3.8) is 0 Å². The maximum atomic E-state index is 12.9. The number of hydrogen-bond acceptors (Lipinski definition) is 3. The van der Waals surface area contributed by atoms with Crippen LogP contribution in [0.1, 0.15) is 104 Å². The summed E-state index contributed by atoms with van der Waals surface area (Å²) in [5.41, 5.74) is 0. The largest absolute Gasteiger partial charge is 0.392 e. The number of amidine groups is 1. The van der Waals surface area contributed by atoms with Gasteiger partial charge in [-0.3, -0.25) is 9.79 Å². The van der Waals surface area contributed by atoms with E-state index in [4.69, 9.17) is 4.99 Å². The maximum absolute atomic E-state index is 12.9. The van der Waals surface area contributed by atoms with Gasteiger partial charge >= 0.3 is 0 Å². The number of rotatable bonds is 9. The maximum Gasteiger partial charge on any atom is 0.230 e. The van der Waals surface area contributed by atoms with Gasteiger partial charge in [0.2, 0.25) is 5.91 Å². The lowest BCUT2D eigenvalue weighted by atomic mass is 9.73. The van der Waals surface area contributed by atoms with Gasteiger partial charge in [0.15, 0.2) is 0 Å². The predicted octanol–water partition coefficient (Wildman–Crippen LogP) is 5.24. The van der Waals surface area contributed by atoms with Gasteiger partial charge in [-0.15, -0.1) is 0 Å². The molecule has 0 saturated heterocycles. The number of aliphatic imine (C=N–C) groups is 1. The summed E-state index contributed by atoms with van der Waals surface area (Å²) >= 11 is 0. The molecular weight excluding hydrogens is 348 g/mol. The lowest BCUT2D eigenvalue weighted by Crippen LogP contribution is -2.53. The van der Waals surface area contributed by atoms with Crippen molar-refractivity contribution in [3.8, 4) is 0 Å². The van der Waals surface area contributed by atoms with E-state index in [-0.39, 0.29) is 29.9 Å². The van der Waals surface area contributed by atoms with Crippen molar-refractivity contribution >= 4 is 11.7 Å². The Balaban J connectivity index is 1.59. The van der Waals surface area contributed by atoms with Crippen LogP contribution in [0.3, 0.4) is 0 Å². The van der Waals surface area contributed by atoms with Gasteiger partial charge in [-0.25, -0.2) is 0 Å². The van der Waals surface area contributed by atoms with Crippen molar-refractivity contribution in [3.05, 3.63) is 0 Å². The Bertz CT molecular complexity index is 533. The SMILES string of the molecule is CCCCCC1CCC(O)C(C2=NC3CCC(CCCCC)CC3C(=O)N2)C1. The van der Waals surface area contributed by atoms with Crippen molar-refractivity contribution in [2.75, 3.05) is 0 Å². The molecule has 2 saturated carbocycles. The van der Waals surface area contributed by atoms with Crippen molar-refractivity contribution in [1.82, 2.24) is 5.32 Å². The standard InChI is InChI=1S/C24H42N2O2/c1-3-5-7-9-17-11-13-21-19(15-17)24(28)26-23(25-21)20-16-18(10-8-6-4-2)12-14-22(20)27/h17-22,27H,3-16H2,1-2H3,(H,25,26,28). The molecule has 0 spiro atoms. The summed E-state index contributed by atoms with van der Waals surface area (Å²) in [5.74, 6) is 2.45. The third-order valence-electron chi connectivity index (χ3n) is 7.52. The van der Waals surface area contributed by atoms with Gasteiger partial charge in [0.25, 0.3) is 0 Å². The van der Waals surface area contributed by atoms with E-state index in [0.29, 0.717) is 11.8 Å². The highest BCUT2D eigenvalue weighted by Gasteiger charge is 2.41. The van der Waals surface area contributed by atoms with Gasteiger partial charge in [0.05, 0.1) is 18.1 Å². The molecule has 28 heavy (non-hydrogen) atoms. The molecule has 2 aliphatic carbocycles. The topological polar surface area (TPSA) is 61.7 Å². The minimum absolute atomic E-state index is 0.0348. The molecule has 6 unspecified atom stereocenters. The number of carbonyl (C=O) groups is 1. The zero-order valence-corrected chi connectivity index (χ0v) is 18.2. The zero-order chi connectivity index (χ0) is 19.9. The van der Waals surface area contributed by atoms with Crippen molar-refractivity contribution in [1.29, 1.82) is 0 Å². The lowest BCUT2D eigenvalue weighted by Gasteiger charge is -2.40. The quantitative estimate of drug-likeness (QED) is 0.529. The first-order chi connectivity index (χ1) is 13.6. The van der Waals surface area contributed by atoms with E-state index < -0.39 is 0 Å². The number of nitrogens with one attached hydrogen (secondary N) is 1. The fourth-order valence-corrected chi connectivity index (χ4v) is 5.72. The molecule has 0 radical (unpaired) electrons. The van der Waals surface area contributed by atoms with Crippen LogP contribution in [0.15, 0.2) is 4.99 Å². The Morgan fingerprint density at radius 2 is 1.50 bits per heavy atom. The van der Waals surface area contributed by atoms with Crippen LogP contribution in [0.5, 0.6) is 0 Å². The zero-order valence-electron chi connectivity index (χ0n) is 18.2. The number of nitrogens with zero attached hydrogens (tertiary/aromatic N) is 1. The van der Waals surface area contributed by atoms with Crippen LogP contribution in [-0.4, -0.2) is 29.0 Å². The Kier molecular flexibility index (Phi) is 8.37. The lowest BCUT2D eigenvalue weighted by molar-refractivity contribution is -0.126. The molecule has 0 bridgehead atoms. The van der Waals surface area contributed by atoms with Crippen molar-refractivity contribution in [2.24, 2.45) is 28.7 Å². The molecule has 3 rings (SSSR count). The van der Waals surface area contributed by atoms with Gasteiger partial charge in [-0.1, -0.05) is 65.2 Å². The second-order valence-electron chi connectivity index (χ2n) is 9.70. The van der Waals surface area contributed by atoms with Crippen LogP contribution >= 0.6 is 0 Å². The normalized spacial score (nSPS) is 35.8. The molecule has 0 aromatic carbocycles. The van der Waals surface area contributed by atoms with Gasteiger partial charge in [-0.2, -0.15) is 0 Å². The number of hydrogen-bond donors (Lipinski definition) is 2. The second kappa shape index (κ2) is 10.8. The summed E-state index contributed by atoms with van der Waals surface area (Å²) in [5, 5.41) is 13.8. The molecule has 1 amide bonds. The highest BCUT2D eigenvalue weighted by molar-refractivity contribution is 6.02. The fourth-order valence-electron chi connectivity index (χ4n) is 5.72. The average Bonchev–Trinajstić information content (AvgIpc) is 2.70. The molecule has 0 aromatic heterocycles. The molecule has 2 fully saturated rings. The van der Waals surface area contributed by atoms with Crippen LogP contribution in [0, 0.1) is 23.7 Å². The van der Waals surface area contributed by atoms with E-state index in [9.17, 15) is 9.90 Å². The fraction of sp³-hybridized carbons (Fsp3) is 0.917. The number of fused-ring (bicyclic) bond motifs is 1. The van der Waals surface area contributed by atoms with E-state index in [2.05, 4.69) is 19.2 Å². The van der Waals surface area contributed by atoms with Gasteiger partial charge in [0.1, 0.15) is 5.84 Å². The van der Waals surface area contributed by atoms with Gasteiger partial charge in [-0.05, 0) is 50.4 Å². The molecule has 2 N–H and O–H groups in total. The van der Waals surface area contributed by atoms with E-state index in [1.54, 1.807) is 0 Å². The Labute approximate surface area is 172 Å². The summed E-state index contributed by atoms with van der Waals surface area (Å²) in [6, 6.07) is 0.152. The van der Waals surface area contributed by atoms with E-state index in [1.807, 2.05) is 0 Å². The summed E-state index contributed by atoms with van der Waals surface area (Å²) in [4.78, 5) is 17.9. The Morgan fingerprint density at radius 3 is 2.14 bits per heavy atom. The minimum atomic E-state index is -0.344. The number of aliphatic hydroxyl groups is 1. The van der Waals surface area contributed by atoms with Crippen LogP contribution in [0.25, 0.3) is 0 Å². The summed E-state index contributed by atoms with van der Waals surface area (Å²) in [7, 11) is 0. The molecule has 4 nitrogen and oxygen atoms in total. The first-order valence-electron chi connectivity index (χ1n) is 12.2. The molecule has 1 heterocycles. The van der Waals surface area contributed by atoms with Crippen LogP contribution in [0.2, 0.25) is 0 Å². The molecular formula is C24H42N2O2. The molecule has 6 atom stereocenters. The monoisotopic (exact) mass is 390 g/mol. The smallest absolute Gasteiger partial charge is 0.230 e. The van der Waals surface area contributed by atoms with Gasteiger partial charge in [0, 0.05) is 5.92 Å². The first-order valence-corrected chi connectivity index (χ1v) is 12.2. The molecule has 4 heteroatoms. The van der Waals surface area contributed by atoms with Gasteiger partial charge < -0.3 is 10.4 Å². The van der Waals surface area contributed by atoms with Crippen LogP contribution < -0.4 is 5.32 Å². The number of amides is 1. The molecule has 3 aliphatic rings. The van der Waals surface area contributed by atoms with Crippen LogP contribution in [-0.2, 0) is 4.79 Å². The Morgan fingerprint density at radius 1 is 0.893 bits per heavy atom. The number of unbranched alkanes of at least 4 members (excludes halogenated alkanes) is 4. The summed E-state index contributed by atoms with van der Waals surface area (Å²) < 4.78 is 0. The average molecular weight is 391 g/mol. The molecule has 0 aromatic rings. The van der Waals surface area contributed by atoms with Crippen molar-refractivity contribution in [2.45, 2.75) is 116 Å². The second-order valence-corrected chi connectivity index (χ2v) is 9.70. The van der Waals surface area contributed by atoms with Crippen molar-refractivity contribution < 1.29 is 9.90 Å². The highest BCUT2D eigenvalue weighted by Crippen LogP contribution is 2.38. The Hall–Kier alpha value is -0.900. The number of aliphatic hydroxyl groups excluding tert-OH is 1. The molecule has 1 aliphatic heterocycles. The summed E-state index contributed by atoms with van der Waals surface area (Å²) in [6.07, 6.45) is 16.1. The van der Waals surface area contributed by atoms with Crippen LogP contribution in [0.4, 0.5) is 0 Å². The highest BCUT2D eigenvalue weighted by atomic mass is 16.3. The summed E-state index contributed by atoms with van der Waals surface area (Å²) in [6.45, 7) is 4.49. The minimum Gasteiger partial charge on any atom is -0.392 e. The van der Waals surface area contributed by atoms with E-state index >= 15 is 0 Å². The predicted molar refractivity (Wildman–Crippen MR) is 115 cm³/mol. The van der Waals surface area contributed by atoms with E-state index in [0.717, 1.165) is 37.9 Å². The number of carbonyl (C=O) groups excluding carboxylic acids is 1. The third-order valence-corrected chi connectivity index (χ3v) is 7.52. The molecule has 160 valence electrons.